The van der Waals surface area contributed by atoms with Gasteiger partial charge in [0.2, 0.25) is 10.0 Å². The Hall–Kier alpha value is -1.11. The molecule has 16 heavy (non-hydrogen) atoms. The first kappa shape index (κ1) is 13.0. The maximum Gasteiger partial charge on any atom is 0.216 e. The lowest BCUT2D eigenvalue weighted by atomic mass is 10.2. The van der Waals surface area contributed by atoms with Gasteiger partial charge in [0.05, 0.1) is 5.75 Å². The molecule has 0 aliphatic rings. The summed E-state index contributed by atoms with van der Waals surface area (Å²) in [7, 11) is -3.28. The topological polar surface area (TPSA) is 84.2 Å². The highest BCUT2D eigenvalue weighted by atomic mass is 32.2. The molecule has 1 aromatic rings. The third kappa shape index (κ3) is 4.18. The molecule has 0 heterocycles. The summed E-state index contributed by atoms with van der Waals surface area (Å²) in [4.78, 5) is 0. The second kappa shape index (κ2) is 5.29. The Morgan fingerprint density at radius 2 is 2.06 bits per heavy atom. The highest BCUT2D eigenvalue weighted by Crippen LogP contribution is 2.11. The minimum Gasteiger partial charge on any atom is -0.324 e. The van der Waals surface area contributed by atoms with Crippen molar-refractivity contribution in [2.45, 2.75) is 25.6 Å². The quantitative estimate of drug-likeness (QED) is 0.527. The third-order valence-corrected chi connectivity index (χ3v) is 3.41. The number of benzene rings is 1. The lowest BCUT2D eigenvalue weighted by Gasteiger charge is -2.10. The second-order valence-electron chi connectivity index (χ2n) is 3.88. The molecule has 0 saturated heterocycles. The standard InChI is InChI=1S/C10H17N3O2S/c1-8(2)13-16(14,15)7-9-4-3-5-10(6-9)12-11/h3-6,8,12-13H,7,11H2,1-2H3. The van der Waals surface area contributed by atoms with Crippen molar-refractivity contribution in [3.8, 4) is 0 Å². The van der Waals surface area contributed by atoms with E-state index in [-0.39, 0.29) is 11.8 Å². The van der Waals surface area contributed by atoms with Crippen LogP contribution >= 0.6 is 0 Å². The molecule has 0 aliphatic carbocycles. The zero-order valence-corrected chi connectivity index (χ0v) is 10.2. The zero-order valence-electron chi connectivity index (χ0n) is 9.40. The summed E-state index contributed by atoms with van der Waals surface area (Å²) in [5.74, 6) is 5.21. The van der Waals surface area contributed by atoms with Gasteiger partial charge in [-0.1, -0.05) is 12.1 Å². The molecule has 6 heteroatoms. The van der Waals surface area contributed by atoms with E-state index in [1.165, 1.54) is 0 Å². The third-order valence-electron chi connectivity index (χ3n) is 1.87. The summed E-state index contributed by atoms with van der Waals surface area (Å²) in [6.45, 7) is 3.57. The van der Waals surface area contributed by atoms with Crippen LogP contribution in [-0.2, 0) is 15.8 Å². The van der Waals surface area contributed by atoms with E-state index in [4.69, 9.17) is 5.84 Å². The number of rotatable bonds is 5. The Balaban J connectivity index is 2.80. The number of hydrogen-bond donors (Lipinski definition) is 3. The number of hydrazine groups is 1. The van der Waals surface area contributed by atoms with E-state index in [1.54, 1.807) is 38.1 Å². The molecule has 1 rings (SSSR count). The molecule has 0 spiro atoms. The van der Waals surface area contributed by atoms with Gasteiger partial charge in [-0.05, 0) is 31.5 Å². The monoisotopic (exact) mass is 243 g/mol. The van der Waals surface area contributed by atoms with E-state index in [1.807, 2.05) is 0 Å². The van der Waals surface area contributed by atoms with Crippen LogP contribution in [-0.4, -0.2) is 14.5 Å². The Kier molecular flexibility index (Phi) is 4.28. The largest absolute Gasteiger partial charge is 0.324 e. The molecule has 0 radical (unpaired) electrons. The molecule has 4 N–H and O–H groups in total. The van der Waals surface area contributed by atoms with E-state index in [2.05, 4.69) is 10.1 Å². The molecule has 1 aromatic carbocycles. The average Bonchev–Trinajstić information content (AvgIpc) is 2.15. The van der Waals surface area contributed by atoms with Crippen LogP contribution < -0.4 is 16.0 Å². The van der Waals surface area contributed by atoms with Crippen molar-refractivity contribution in [3.05, 3.63) is 29.8 Å². The van der Waals surface area contributed by atoms with Crippen molar-refractivity contribution >= 4 is 15.7 Å². The smallest absolute Gasteiger partial charge is 0.216 e. The van der Waals surface area contributed by atoms with Crippen LogP contribution in [0.4, 0.5) is 5.69 Å². The van der Waals surface area contributed by atoms with Crippen LogP contribution in [0.1, 0.15) is 19.4 Å². The van der Waals surface area contributed by atoms with Crippen LogP contribution in [0.2, 0.25) is 0 Å². The molecule has 0 bridgehead atoms. The molecule has 0 atom stereocenters. The molecule has 0 saturated carbocycles. The summed E-state index contributed by atoms with van der Waals surface area (Å²) < 4.78 is 25.8. The SMILES string of the molecule is CC(C)NS(=O)(=O)Cc1cccc(NN)c1. The van der Waals surface area contributed by atoms with E-state index in [9.17, 15) is 8.42 Å². The van der Waals surface area contributed by atoms with Gasteiger partial charge >= 0.3 is 0 Å². The average molecular weight is 243 g/mol. The van der Waals surface area contributed by atoms with Crippen molar-refractivity contribution in [1.29, 1.82) is 0 Å². The normalized spacial score (nSPS) is 11.8. The molecule has 0 aliphatic heterocycles. The molecule has 0 aromatic heterocycles. The van der Waals surface area contributed by atoms with Gasteiger partial charge in [0.1, 0.15) is 0 Å². The van der Waals surface area contributed by atoms with E-state index >= 15 is 0 Å². The highest BCUT2D eigenvalue weighted by Gasteiger charge is 2.12. The summed E-state index contributed by atoms with van der Waals surface area (Å²) >= 11 is 0. The fourth-order valence-corrected chi connectivity index (χ4v) is 2.79. The van der Waals surface area contributed by atoms with Crippen LogP contribution in [0.15, 0.2) is 24.3 Å². The first-order valence-corrected chi connectivity index (χ1v) is 6.64. The first-order chi connectivity index (χ1) is 7.43. The summed E-state index contributed by atoms with van der Waals surface area (Å²) in [5.41, 5.74) is 3.87. The molecule has 0 unspecified atom stereocenters. The van der Waals surface area contributed by atoms with E-state index < -0.39 is 10.0 Å². The minimum absolute atomic E-state index is 0.0410. The van der Waals surface area contributed by atoms with Gasteiger partial charge in [0.15, 0.2) is 0 Å². The van der Waals surface area contributed by atoms with Crippen LogP contribution in [0.5, 0.6) is 0 Å². The van der Waals surface area contributed by atoms with Crippen LogP contribution in [0.3, 0.4) is 0 Å². The fraction of sp³-hybridized carbons (Fsp3) is 0.400. The van der Waals surface area contributed by atoms with Gasteiger partial charge in [-0.2, -0.15) is 0 Å². The van der Waals surface area contributed by atoms with E-state index in [0.29, 0.717) is 11.3 Å². The minimum atomic E-state index is -3.28. The first-order valence-electron chi connectivity index (χ1n) is 4.98. The van der Waals surface area contributed by atoms with Gasteiger partial charge in [-0.15, -0.1) is 0 Å². The Morgan fingerprint density at radius 1 is 1.38 bits per heavy atom. The fourth-order valence-electron chi connectivity index (χ4n) is 1.37. The molecular formula is C10H17N3O2S. The van der Waals surface area contributed by atoms with Gasteiger partial charge in [-0.25, -0.2) is 13.1 Å². The zero-order chi connectivity index (χ0) is 12.2. The van der Waals surface area contributed by atoms with Crippen molar-refractivity contribution in [3.63, 3.8) is 0 Å². The maximum absolute atomic E-state index is 11.6. The summed E-state index contributed by atoms with van der Waals surface area (Å²) in [6, 6.07) is 6.89. The number of sulfonamides is 1. The Labute approximate surface area is 96.1 Å². The lowest BCUT2D eigenvalue weighted by Crippen LogP contribution is -2.31. The van der Waals surface area contributed by atoms with Crippen molar-refractivity contribution < 1.29 is 8.42 Å². The Morgan fingerprint density at radius 3 is 2.62 bits per heavy atom. The maximum atomic E-state index is 11.6. The van der Waals surface area contributed by atoms with Gasteiger partial charge in [-0.3, -0.25) is 5.84 Å². The lowest BCUT2D eigenvalue weighted by molar-refractivity contribution is 0.569. The highest BCUT2D eigenvalue weighted by molar-refractivity contribution is 7.88. The van der Waals surface area contributed by atoms with Crippen LogP contribution in [0, 0.1) is 0 Å². The summed E-state index contributed by atoms with van der Waals surface area (Å²) in [6.07, 6.45) is 0. The number of anilines is 1. The van der Waals surface area contributed by atoms with E-state index in [0.717, 1.165) is 0 Å². The number of nitrogens with two attached hydrogens (primary N) is 1. The predicted octanol–water partition coefficient (Wildman–Crippen LogP) is 0.800. The number of nitrogen functional groups attached to an aromatic ring is 1. The van der Waals surface area contributed by atoms with Crippen molar-refractivity contribution in [2.75, 3.05) is 5.43 Å². The second-order valence-corrected chi connectivity index (χ2v) is 5.63. The van der Waals surface area contributed by atoms with Crippen molar-refractivity contribution in [2.24, 2.45) is 5.84 Å². The molecular weight excluding hydrogens is 226 g/mol. The van der Waals surface area contributed by atoms with Gasteiger partial charge < -0.3 is 5.43 Å². The molecule has 0 amide bonds. The predicted molar refractivity (Wildman–Crippen MR) is 65.1 cm³/mol. The summed E-state index contributed by atoms with van der Waals surface area (Å²) in [5, 5.41) is 0. The molecule has 90 valence electrons. The van der Waals surface area contributed by atoms with Gasteiger partial charge in [0.25, 0.3) is 0 Å². The van der Waals surface area contributed by atoms with Crippen LogP contribution in [0.25, 0.3) is 0 Å². The number of nitrogens with one attached hydrogen (secondary N) is 2. The Bertz CT molecular complexity index is 443. The number of hydrogen-bond acceptors (Lipinski definition) is 4. The van der Waals surface area contributed by atoms with Gasteiger partial charge in [0, 0.05) is 11.7 Å². The molecule has 5 nitrogen and oxygen atoms in total. The van der Waals surface area contributed by atoms with Crippen molar-refractivity contribution in [1.82, 2.24) is 4.72 Å². The molecule has 0 fully saturated rings.